The van der Waals surface area contributed by atoms with E-state index in [1.807, 2.05) is 18.2 Å². The van der Waals surface area contributed by atoms with Crippen molar-refractivity contribution in [2.24, 2.45) is 0 Å². The van der Waals surface area contributed by atoms with Gasteiger partial charge in [-0.05, 0) is 43.2 Å². The summed E-state index contributed by atoms with van der Waals surface area (Å²) in [7, 11) is 0. The molecular weight excluding hydrogens is 408 g/mol. The fourth-order valence-electron chi connectivity index (χ4n) is 3.63. The first-order chi connectivity index (χ1) is 14.6. The molecular formula is C21H21ClN4O4. The molecule has 2 heterocycles. The first kappa shape index (κ1) is 20.2. The number of aliphatic hydroxyl groups excluding tert-OH is 1. The lowest BCUT2D eigenvalue weighted by atomic mass is 10.2. The van der Waals surface area contributed by atoms with Gasteiger partial charge >= 0.3 is 0 Å². The van der Waals surface area contributed by atoms with E-state index in [0.717, 1.165) is 12.8 Å². The minimum atomic E-state index is -0.498. The molecule has 3 N–H and O–H groups in total. The zero-order chi connectivity index (χ0) is 21.1. The lowest BCUT2D eigenvalue weighted by Crippen LogP contribution is -2.40. The van der Waals surface area contributed by atoms with Crippen molar-refractivity contribution < 1.29 is 19.7 Å². The molecule has 0 aliphatic carbocycles. The predicted molar refractivity (Wildman–Crippen MR) is 113 cm³/mol. The summed E-state index contributed by atoms with van der Waals surface area (Å²) in [4.78, 5) is 22.2. The highest BCUT2D eigenvalue weighted by molar-refractivity contribution is 6.32. The van der Waals surface area contributed by atoms with E-state index in [-0.39, 0.29) is 22.7 Å². The molecule has 0 unspecified atom stereocenters. The Morgan fingerprint density at radius 3 is 2.97 bits per heavy atom. The van der Waals surface area contributed by atoms with Crippen LogP contribution in [0.4, 0.5) is 11.5 Å². The fourth-order valence-corrected chi connectivity index (χ4v) is 3.81. The molecule has 0 spiro atoms. The van der Waals surface area contributed by atoms with Crippen molar-refractivity contribution in [2.45, 2.75) is 18.9 Å². The number of fused-ring (bicyclic) bond motifs is 1. The lowest BCUT2D eigenvalue weighted by Gasteiger charge is -2.24. The molecule has 0 radical (unpaired) electrons. The van der Waals surface area contributed by atoms with E-state index in [4.69, 9.17) is 16.3 Å². The van der Waals surface area contributed by atoms with Crippen LogP contribution >= 0.6 is 11.6 Å². The second-order valence-corrected chi connectivity index (χ2v) is 7.42. The van der Waals surface area contributed by atoms with Gasteiger partial charge in [-0.1, -0.05) is 17.7 Å². The summed E-state index contributed by atoms with van der Waals surface area (Å²) in [5, 5.41) is 22.9. The van der Waals surface area contributed by atoms with E-state index in [9.17, 15) is 15.0 Å². The number of rotatable bonds is 6. The monoisotopic (exact) mass is 428 g/mol. The Morgan fingerprint density at radius 1 is 1.30 bits per heavy atom. The summed E-state index contributed by atoms with van der Waals surface area (Å²) < 4.78 is 6.09. The van der Waals surface area contributed by atoms with Gasteiger partial charge in [0, 0.05) is 12.2 Å². The van der Waals surface area contributed by atoms with Crippen molar-refractivity contribution in [3.63, 3.8) is 0 Å². The van der Waals surface area contributed by atoms with Crippen LogP contribution in [-0.4, -0.2) is 56.8 Å². The number of phenolic OH excluding ortho intramolecular Hbond substituents is 1. The summed E-state index contributed by atoms with van der Waals surface area (Å²) in [5.74, 6) is 0.835. The van der Waals surface area contributed by atoms with Crippen molar-refractivity contribution in [2.75, 3.05) is 25.1 Å². The highest BCUT2D eigenvalue weighted by Gasteiger charge is 2.29. The maximum Gasteiger partial charge on any atom is 0.248 e. The quantitative estimate of drug-likeness (QED) is 0.518. The molecule has 0 saturated carbocycles. The summed E-state index contributed by atoms with van der Waals surface area (Å²) in [6.45, 7) is 0.437. The number of amides is 1. The molecule has 1 aliphatic rings. The van der Waals surface area contributed by atoms with E-state index < -0.39 is 6.61 Å². The summed E-state index contributed by atoms with van der Waals surface area (Å²) in [5.41, 5.74) is 1.35. The van der Waals surface area contributed by atoms with Crippen LogP contribution in [0.3, 0.4) is 0 Å². The maximum atomic E-state index is 11.9. The average Bonchev–Trinajstić information content (AvgIpc) is 3.23. The number of likely N-dealkylation sites (tertiary alicyclic amines) is 1. The minimum absolute atomic E-state index is 0.00247. The first-order valence-corrected chi connectivity index (χ1v) is 9.97. The van der Waals surface area contributed by atoms with Crippen molar-refractivity contribution in [3.05, 3.63) is 47.7 Å². The Morgan fingerprint density at radius 2 is 2.17 bits per heavy atom. The van der Waals surface area contributed by atoms with Crippen LogP contribution in [0.5, 0.6) is 11.5 Å². The number of aromatic nitrogens is 2. The van der Waals surface area contributed by atoms with Gasteiger partial charge in [-0.3, -0.25) is 4.79 Å². The molecule has 1 aromatic heterocycles. The topological polar surface area (TPSA) is 108 Å². The molecule has 0 bridgehead atoms. The van der Waals surface area contributed by atoms with Gasteiger partial charge in [-0.2, -0.15) is 0 Å². The number of ether oxygens (including phenoxy) is 1. The molecule has 156 valence electrons. The van der Waals surface area contributed by atoms with Crippen LogP contribution in [0, 0.1) is 0 Å². The van der Waals surface area contributed by atoms with Crippen molar-refractivity contribution >= 4 is 39.9 Å². The van der Waals surface area contributed by atoms with E-state index in [1.54, 1.807) is 17.0 Å². The first-order valence-electron chi connectivity index (χ1n) is 9.59. The number of carbonyl (C=O) groups excluding carboxylic acids is 1. The van der Waals surface area contributed by atoms with E-state index in [0.29, 0.717) is 41.3 Å². The molecule has 4 rings (SSSR count). The van der Waals surface area contributed by atoms with Crippen LogP contribution in [0.1, 0.15) is 12.8 Å². The summed E-state index contributed by atoms with van der Waals surface area (Å²) in [6.07, 6.45) is 3.16. The van der Waals surface area contributed by atoms with Gasteiger partial charge in [0.2, 0.25) is 5.91 Å². The molecule has 1 fully saturated rings. The summed E-state index contributed by atoms with van der Waals surface area (Å²) in [6, 6.07) is 10.2. The number of nitrogens with one attached hydrogen (secondary N) is 1. The third-order valence-corrected chi connectivity index (χ3v) is 5.40. The molecule has 30 heavy (non-hydrogen) atoms. The van der Waals surface area contributed by atoms with Gasteiger partial charge < -0.3 is 25.2 Å². The van der Waals surface area contributed by atoms with Crippen LogP contribution in [0.25, 0.3) is 10.9 Å². The number of benzene rings is 2. The van der Waals surface area contributed by atoms with Gasteiger partial charge in [0.1, 0.15) is 36.9 Å². The third-order valence-electron chi connectivity index (χ3n) is 5.10. The maximum absolute atomic E-state index is 11.9. The van der Waals surface area contributed by atoms with Gasteiger partial charge in [-0.25, -0.2) is 9.97 Å². The number of halogens is 1. The summed E-state index contributed by atoms with van der Waals surface area (Å²) >= 11 is 6.01. The van der Waals surface area contributed by atoms with Crippen LogP contribution < -0.4 is 10.1 Å². The number of nitrogens with zero attached hydrogens (tertiary/aromatic N) is 3. The zero-order valence-electron chi connectivity index (χ0n) is 16.1. The van der Waals surface area contributed by atoms with E-state index in [1.165, 1.54) is 12.4 Å². The van der Waals surface area contributed by atoms with Crippen LogP contribution in [0.2, 0.25) is 5.02 Å². The standard InChI is InChI=1S/C21H21ClN4O4/c22-15-9-13(6-7-17(15)28)25-21-20-16(23-12-24-21)4-1-5-18(20)30-11-14-3-2-8-26(14)19(29)10-27/h1,4-7,9,12,14,27-28H,2-3,8,10-11H2,(H,23,24,25)/t14-/m0/s1. The van der Waals surface area contributed by atoms with Gasteiger partial charge in [-0.15, -0.1) is 0 Å². The van der Waals surface area contributed by atoms with Gasteiger partial charge in [0.15, 0.2) is 0 Å². The average molecular weight is 429 g/mol. The molecule has 1 aliphatic heterocycles. The number of aliphatic hydroxyl groups is 1. The molecule has 1 atom stereocenters. The van der Waals surface area contributed by atoms with Gasteiger partial charge in [0.05, 0.1) is 22.0 Å². The second kappa shape index (κ2) is 8.73. The molecule has 1 amide bonds. The third kappa shape index (κ3) is 4.10. The zero-order valence-corrected chi connectivity index (χ0v) is 16.8. The molecule has 8 nitrogen and oxygen atoms in total. The van der Waals surface area contributed by atoms with Crippen molar-refractivity contribution in [1.29, 1.82) is 0 Å². The Balaban J connectivity index is 1.61. The highest BCUT2D eigenvalue weighted by Crippen LogP contribution is 2.34. The van der Waals surface area contributed by atoms with Crippen molar-refractivity contribution in [1.82, 2.24) is 14.9 Å². The van der Waals surface area contributed by atoms with E-state index >= 15 is 0 Å². The Kier molecular flexibility index (Phi) is 5.87. The second-order valence-electron chi connectivity index (χ2n) is 7.02. The largest absolute Gasteiger partial charge is 0.506 e. The van der Waals surface area contributed by atoms with E-state index in [2.05, 4.69) is 15.3 Å². The lowest BCUT2D eigenvalue weighted by molar-refractivity contribution is -0.135. The number of hydrogen-bond acceptors (Lipinski definition) is 7. The number of carbonyl (C=O) groups is 1. The Hall–Kier alpha value is -3.10. The van der Waals surface area contributed by atoms with Crippen LogP contribution in [-0.2, 0) is 4.79 Å². The Bertz CT molecular complexity index is 1070. The predicted octanol–water partition coefficient (Wildman–Crippen LogP) is 3.09. The van der Waals surface area contributed by atoms with Gasteiger partial charge in [0.25, 0.3) is 0 Å². The molecule has 1 saturated heterocycles. The van der Waals surface area contributed by atoms with Crippen molar-refractivity contribution in [3.8, 4) is 11.5 Å². The molecule has 2 aromatic carbocycles. The van der Waals surface area contributed by atoms with Crippen LogP contribution in [0.15, 0.2) is 42.7 Å². The number of hydrogen-bond donors (Lipinski definition) is 3. The highest BCUT2D eigenvalue weighted by atomic mass is 35.5. The fraction of sp³-hybridized carbons (Fsp3) is 0.286. The smallest absolute Gasteiger partial charge is 0.248 e. The Labute approximate surface area is 178 Å². The normalized spacial score (nSPS) is 16.1. The minimum Gasteiger partial charge on any atom is -0.506 e. The number of phenols is 1. The number of aromatic hydroxyl groups is 1. The SMILES string of the molecule is O=C(CO)N1CCC[C@H]1COc1cccc2ncnc(Nc3ccc(O)c(Cl)c3)c12. The number of anilines is 2. The molecule has 3 aromatic rings. The molecule has 9 heteroatoms.